The van der Waals surface area contributed by atoms with Crippen LogP contribution < -0.4 is 10.9 Å². The van der Waals surface area contributed by atoms with Crippen LogP contribution in [0.5, 0.6) is 0 Å². The van der Waals surface area contributed by atoms with Crippen molar-refractivity contribution in [1.29, 1.82) is 0 Å². The molecule has 2 aromatic carbocycles. The fraction of sp³-hybridized carbons (Fsp3) is 0.0500. The van der Waals surface area contributed by atoms with Gasteiger partial charge in [0.05, 0.1) is 35.2 Å². The molecule has 0 radical (unpaired) electrons. The molecular weight excluding hydrogens is 310 g/mol. The monoisotopic (exact) mass is 329 g/mol. The number of rotatable bonds is 6. The van der Waals surface area contributed by atoms with E-state index in [0.717, 1.165) is 28.3 Å². The Balaban J connectivity index is 1.65. The Morgan fingerprint density at radius 2 is 1.16 bits per heavy atom. The van der Waals surface area contributed by atoms with E-state index in [4.69, 9.17) is 0 Å². The number of hydrazone groups is 2. The fourth-order valence-electron chi connectivity index (χ4n) is 2.23. The van der Waals surface area contributed by atoms with E-state index in [-0.39, 0.29) is 0 Å². The van der Waals surface area contributed by atoms with Crippen LogP contribution in [-0.2, 0) is 0 Å². The Hall–Kier alpha value is -3.47. The zero-order valence-electron chi connectivity index (χ0n) is 13.9. The molecule has 0 bridgehead atoms. The predicted octanol–water partition coefficient (Wildman–Crippen LogP) is 4.28. The molecular formula is C20H19N5. The third-order valence-electron chi connectivity index (χ3n) is 3.34. The lowest BCUT2D eigenvalue weighted by molar-refractivity contribution is 1.22. The number of aryl methyl sites for hydroxylation is 1. The molecule has 0 saturated carbocycles. The van der Waals surface area contributed by atoms with Crippen molar-refractivity contribution in [3.63, 3.8) is 0 Å². The summed E-state index contributed by atoms with van der Waals surface area (Å²) in [5, 5.41) is 8.45. The number of para-hydroxylation sites is 2. The van der Waals surface area contributed by atoms with Crippen molar-refractivity contribution in [1.82, 2.24) is 4.98 Å². The Morgan fingerprint density at radius 3 is 1.60 bits per heavy atom. The number of nitrogens with one attached hydrogen (secondary N) is 2. The van der Waals surface area contributed by atoms with Gasteiger partial charge in [-0.3, -0.25) is 10.9 Å². The summed E-state index contributed by atoms with van der Waals surface area (Å²) in [5.74, 6) is 0. The van der Waals surface area contributed by atoms with E-state index in [0.29, 0.717) is 0 Å². The molecule has 0 saturated heterocycles. The maximum atomic E-state index is 4.52. The summed E-state index contributed by atoms with van der Waals surface area (Å²) in [6.45, 7) is 2.02. The standard InChI is InChI=1S/C20H19N5/c1-16-12-19(14-21-24-17-8-4-2-5-9-17)23-20(13-16)15-22-25-18-10-6-3-7-11-18/h2-15,24-25H,1H3. The minimum absolute atomic E-state index is 0.768. The summed E-state index contributed by atoms with van der Waals surface area (Å²) in [6, 6.07) is 23.5. The highest BCUT2D eigenvalue weighted by atomic mass is 15.3. The van der Waals surface area contributed by atoms with Gasteiger partial charge in [-0.15, -0.1) is 0 Å². The average molecular weight is 329 g/mol. The molecule has 0 fully saturated rings. The molecule has 3 aromatic rings. The van der Waals surface area contributed by atoms with Crippen LogP contribution in [0.3, 0.4) is 0 Å². The van der Waals surface area contributed by atoms with Crippen LogP contribution in [0, 0.1) is 6.92 Å². The Morgan fingerprint density at radius 1 is 0.720 bits per heavy atom. The lowest BCUT2D eigenvalue weighted by Crippen LogP contribution is -1.99. The van der Waals surface area contributed by atoms with Crippen molar-refractivity contribution < 1.29 is 0 Å². The summed E-state index contributed by atoms with van der Waals surface area (Å²) in [7, 11) is 0. The second kappa shape index (κ2) is 8.40. The summed E-state index contributed by atoms with van der Waals surface area (Å²) in [4.78, 5) is 4.52. The van der Waals surface area contributed by atoms with Crippen LogP contribution in [-0.4, -0.2) is 17.4 Å². The second-order valence-corrected chi connectivity index (χ2v) is 5.47. The van der Waals surface area contributed by atoms with Gasteiger partial charge in [-0.25, -0.2) is 4.98 Å². The smallest absolute Gasteiger partial charge is 0.0840 e. The number of hydrogen-bond donors (Lipinski definition) is 2. The van der Waals surface area contributed by atoms with Gasteiger partial charge in [0.2, 0.25) is 0 Å². The molecule has 3 rings (SSSR count). The highest BCUT2D eigenvalue weighted by molar-refractivity contribution is 5.83. The van der Waals surface area contributed by atoms with Gasteiger partial charge >= 0.3 is 0 Å². The van der Waals surface area contributed by atoms with Gasteiger partial charge in [0.25, 0.3) is 0 Å². The average Bonchev–Trinajstić information content (AvgIpc) is 2.63. The third kappa shape index (κ3) is 5.28. The molecule has 5 heteroatoms. The van der Waals surface area contributed by atoms with Crippen LogP contribution in [0.2, 0.25) is 0 Å². The van der Waals surface area contributed by atoms with Crippen LogP contribution in [0.4, 0.5) is 11.4 Å². The van der Waals surface area contributed by atoms with E-state index in [1.54, 1.807) is 12.4 Å². The molecule has 1 heterocycles. The first-order valence-electron chi connectivity index (χ1n) is 7.96. The lowest BCUT2D eigenvalue weighted by Gasteiger charge is -2.02. The first-order chi connectivity index (χ1) is 12.3. The van der Waals surface area contributed by atoms with Crippen LogP contribution in [0.15, 0.2) is 83.0 Å². The molecule has 0 aliphatic rings. The van der Waals surface area contributed by atoms with Gasteiger partial charge in [0.1, 0.15) is 0 Å². The highest BCUT2D eigenvalue weighted by Gasteiger charge is 1.97. The molecule has 0 atom stereocenters. The zero-order chi connectivity index (χ0) is 17.3. The minimum Gasteiger partial charge on any atom is -0.278 e. The van der Waals surface area contributed by atoms with Gasteiger partial charge in [-0.05, 0) is 48.9 Å². The first-order valence-corrected chi connectivity index (χ1v) is 7.96. The number of aromatic nitrogens is 1. The molecule has 0 amide bonds. The van der Waals surface area contributed by atoms with E-state index in [9.17, 15) is 0 Å². The van der Waals surface area contributed by atoms with Gasteiger partial charge in [-0.1, -0.05) is 36.4 Å². The van der Waals surface area contributed by atoms with E-state index >= 15 is 0 Å². The van der Waals surface area contributed by atoms with Gasteiger partial charge < -0.3 is 0 Å². The molecule has 124 valence electrons. The van der Waals surface area contributed by atoms with Crippen molar-refractivity contribution >= 4 is 23.8 Å². The number of pyridine rings is 1. The van der Waals surface area contributed by atoms with Crippen molar-refractivity contribution in [2.45, 2.75) is 6.92 Å². The summed E-state index contributed by atoms with van der Waals surface area (Å²) < 4.78 is 0. The Kier molecular flexibility index (Phi) is 5.51. The minimum atomic E-state index is 0.768. The maximum Gasteiger partial charge on any atom is 0.0840 e. The second-order valence-electron chi connectivity index (χ2n) is 5.47. The van der Waals surface area contributed by atoms with Crippen molar-refractivity contribution in [3.05, 3.63) is 89.7 Å². The van der Waals surface area contributed by atoms with E-state index < -0.39 is 0 Å². The van der Waals surface area contributed by atoms with E-state index in [2.05, 4.69) is 26.0 Å². The van der Waals surface area contributed by atoms with E-state index in [1.807, 2.05) is 79.7 Å². The molecule has 25 heavy (non-hydrogen) atoms. The Labute approximate surface area is 147 Å². The molecule has 1 aromatic heterocycles. The number of benzene rings is 2. The molecule has 5 nitrogen and oxygen atoms in total. The SMILES string of the molecule is Cc1cc(C=NNc2ccccc2)nc(C=NNc2ccccc2)c1. The van der Waals surface area contributed by atoms with Crippen LogP contribution in [0.1, 0.15) is 17.0 Å². The van der Waals surface area contributed by atoms with Gasteiger partial charge in [-0.2, -0.15) is 10.2 Å². The zero-order valence-corrected chi connectivity index (χ0v) is 13.9. The molecule has 0 aliphatic carbocycles. The maximum absolute atomic E-state index is 4.52. The fourth-order valence-corrected chi connectivity index (χ4v) is 2.23. The van der Waals surface area contributed by atoms with Crippen molar-refractivity contribution in [3.8, 4) is 0 Å². The van der Waals surface area contributed by atoms with Crippen molar-refractivity contribution in [2.24, 2.45) is 10.2 Å². The lowest BCUT2D eigenvalue weighted by atomic mass is 10.2. The normalized spacial score (nSPS) is 11.1. The molecule has 2 N–H and O–H groups in total. The van der Waals surface area contributed by atoms with Crippen LogP contribution in [0.25, 0.3) is 0 Å². The van der Waals surface area contributed by atoms with Crippen LogP contribution >= 0.6 is 0 Å². The predicted molar refractivity (Wildman–Crippen MR) is 104 cm³/mol. The van der Waals surface area contributed by atoms with Gasteiger partial charge in [0, 0.05) is 0 Å². The quantitative estimate of drug-likeness (QED) is 0.524. The number of anilines is 2. The first kappa shape index (κ1) is 16.4. The third-order valence-corrected chi connectivity index (χ3v) is 3.34. The van der Waals surface area contributed by atoms with Gasteiger partial charge in [0.15, 0.2) is 0 Å². The summed E-state index contributed by atoms with van der Waals surface area (Å²) in [5.41, 5.74) is 10.5. The van der Waals surface area contributed by atoms with E-state index in [1.165, 1.54) is 0 Å². The molecule has 0 unspecified atom stereocenters. The number of hydrogen-bond acceptors (Lipinski definition) is 5. The summed E-state index contributed by atoms with van der Waals surface area (Å²) in [6.07, 6.45) is 3.39. The largest absolute Gasteiger partial charge is 0.278 e. The Bertz CT molecular complexity index is 788. The summed E-state index contributed by atoms with van der Waals surface area (Å²) >= 11 is 0. The number of nitrogens with zero attached hydrogens (tertiary/aromatic N) is 3. The van der Waals surface area contributed by atoms with Crippen molar-refractivity contribution in [2.75, 3.05) is 10.9 Å². The molecule has 0 aliphatic heterocycles. The molecule has 0 spiro atoms. The highest BCUT2D eigenvalue weighted by Crippen LogP contribution is 2.07. The topological polar surface area (TPSA) is 61.7 Å².